The molecular weight excluding hydrogens is 647 g/mol. The van der Waals surface area contributed by atoms with Gasteiger partial charge in [0.25, 0.3) is 0 Å². The first-order valence-corrected chi connectivity index (χ1v) is 17.3. The molecule has 0 saturated heterocycles. The highest BCUT2D eigenvalue weighted by Gasteiger charge is 2.35. The first kappa shape index (κ1) is 21.5. The van der Waals surface area contributed by atoms with E-state index in [0.29, 0.717) is 27.6 Å². The highest BCUT2D eigenvalue weighted by molar-refractivity contribution is 6.23. The first-order valence-electron chi connectivity index (χ1n) is 22.3. The molecule has 0 radical (unpaired) electrons. The van der Waals surface area contributed by atoms with Crippen LogP contribution in [-0.4, -0.2) is 24.1 Å². The fraction of sp³-hybridized carbons (Fsp3) is 0.0625. The van der Waals surface area contributed by atoms with Crippen molar-refractivity contribution in [2.75, 3.05) is 0 Å². The van der Waals surface area contributed by atoms with Gasteiger partial charge in [-0.1, -0.05) is 147 Å². The molecule has 11 rings (SSSR count). The third-order valence-electron chi connectivity index (χ3n) is 10.6. The Morgan fingerprint density at radius 2 is 1.06 bits per heavy atom. The van der Waals surface area contributed by atoms with Crippen LogP contribution in [0.15, 0.2) is 164 Å². The SMILES string of the molecule is [2H]c1c([2H])c([2H])c(-c2nc(-c3ccc4c(c3)C(C)(C)c3ccccc3-4)nc(-n3c4ccccc4c4ccc5c6ccccc6n(-c6c([2H])c([2H])c([2H])c([2H])c6[2H])c5c43)n2)c([2H])c1[2H]. The van der Waals surface area contributed by atoms with E-state index in [2.05, 4.69) is 26.0 Å². The predicted octanol–water partition coefficient (Wildman–Crippen LogP) is 11.7. The van der Waals surface area contributed by atoms with Gasteiger partial charge in [0, 0.05) is 43.8 Å². The van der Waals surface area contributed by atoms with Gasteiger partial charge in [-0.05, 0) is 52.5 Å². The van der Waals surface area contributed by atoms with Crippen molar-refractivity contribution in [3.05, 3.63) is 175 Å². The summed E-state index contributed by atoms with van der Waals surface area (Å²) in [5.41, 5.74) is 6.78. The second kappa shape index (κ2) is 11.1. The number of para-hydroxylation sites is 3. The first-order chi connectivity index (χ1) is 30.2. The van der Waals surface area contributed by atoms with E-state index in [4.69, 9.17) is 28.7 Å². The molecular formula is C48H33N5. The standard InChI is InChI=1S/C48H33N5/c1-48(2)39-22-12-9-19-33(39)34-26-25-31(29-40(34)48)46-49-45(30-15-5-3-6-16-30)50-47(51-46)53-42-24-14-11-21-36(42)38-28-27-37-35-20-10-13-23-41(35)52(43(37)44(38)53)32-17-7-4-8-18-32/h3-29H,1-2H3/i3D,4D,5D,6D,7D,8D,15D,16D,17D,18D. The second-order valence-electron chi connectivity index (χ2n) is 13.8. The zero-order chi connectivity index (χ0) is 44.0. The molecule has 0 bridgehead atoms. The van der Waals surface area contributed by atoms with Crippen LogP contribution in [0.3, 0.4) is 0 Å². The Bertz CT molecular complexity index is 3630. The van der Waals surface area contributed by atoms with E-state index in [1.807, 2.05) is 95.6 Å². The Kier molecular flexibility index (Phi) is 4.49. The van der Waals surface area contributed by atoms with Gasteiger partial charge in [0.2, 0.25) is 5.95 Å². The third-order valence-corrected chi connectivity index (χ3v) is 10.6. The molecule has 10 aromatic rings. The number of hydrogen-bond acceptors (Lipinski definition) is 3. The van der Waals surface area contributed by atoms with E-state index >= 15 is 0 Å². The lowest BCUT2D eigenvalue weighted by Gasteiger charge is -2.21. The van der Waals surface area contributed by atoms with Gasteiger partial charge >= 0.3 is 0 Å². The van der Waals surface area contributed by atoms with Gasteiger partial charge < -0.3 is 4.57 Å². The average molecular weight is 690 g/mol. The minimum atomic E-state index is -0.547. The van der Waals surface area contributed by atoms with Crippen LogP contribution in [0.25, 0.3) is 89.2 Å². The summed E-state index contributed by atoms with van der Waals surface area (Å²) in [6.45, 7) is 4.33. The topological polar surface area (TPSA) is 48.5 Å². The van der Waals surface area contributed by atoms with Crippen molar-refractivity contribution in [1.82, 2.24) is 24.1 Å². The van der Waals surface area contributed by atoms with E-state index in [-0.39, 0.29) is 46.3 Å². The maximum absolute atomic E-state index is 9.14. The summed E-state index contributed by atoms with van der Waals surface area (Å²) in [5.74, 6) is 0.126. The van der Waals surface area contributed by atoms with Crippen LogP contribution in [0.4, 0.5) is 0 Å². The highest BCUT2D eigenvalue weighted by atomic mass is 15.2. The molecule has 0 saturated carbocycles. The molecule has 5 nitrogen and oxygen atoms in total. The molecule has 0 fully saturated rings. The largest absolute Gasteiger partial charge is 0.307 e. The summed E-state index contributed by atoms with van der Waals surface area (Å²) in [4.78, 5) is 15.1. The quantitative estimate of drug-likeness (QED) is 0.185. The lowest BCUT2D eigenvalue weighted by atomic mass is 9.82. The van der Waals surface area contributed by atoms with Gasteiger partial charge in [-0.2, -0.15) is 9.97 Å². The lowest BCUT2D eigenvalue weighted by molar-refractivity contribution is 0.660. The third kappa shape index (κ3) is 4.28. The zero-order valence-electron chi connectivity index (χ0n) is 38.6. The smallest absolute Gasteiger partial charge is 0.238 e. The van der Waals surface area contributed by atoms with Crippen molar-refractivity contribution in [3.63, 3.8) is 0 Å². The molecule has 0 aliphatic heterocycles. The number of hydrogen-bond donors (Lipinski definition) is 0. The average Bonchev–Trinajstić information content (AvgIpc) is 3.89. The summed E-state index contributed by atoms with van der Waals surface area (Å²) in [6.07, 6.45) is 0. The van der Waals surface area contributed by atoms with Gasteiger partial charge in [-0.15, -0.1) is 0 Å². The van der Waals surface area contributed by atoms with Crippen LogP contribution in [0.1, 0.15) is 38.7 Å². The van der Waals surface area contributed by atoms with Crippen molar-refractivity contribution in [2.24, 2.45) is 0 Å². The number of benzene rings is 7. The molecule has 250 valence electrons. The van der Waals surface area contributed by atoms with E-state index in [1.165, 1.54) is 5.56 Å². The predicted molar refractivity (Wildman–Crippen MR) is 217 cm³/mol. The molecule has 0 unspecified atom stereocenters. The molecule has 5 heteroatoms. The molecule has 0 amide bonds. The molecule has 1 aliphatic rings. The summed E-state index contributed by atoms with van der Waals surface area (Å²) in [7, 11) is 0. The van der Waals surface area contributed by atoms with Crippen LogP contribution in [0.2, 0.25) is 0 Å². The lowest BCUT2D eigenvalue weighted by Crippen LogP contribution is -2.15. The number of fused-ring (bicyclic) bond motifs is 10. The Morgan fingerprint density at radius 1 is 0.491 bits per heavy atom. The summed E-state index contributed by atoms with van der Waals surface area (Å²) in [6, 6.07) is 28.6. The van der Waals surface area contributed by atoms with Crippen LogP contribution in [0, 0.1) is 0 Å². The zero-order valence-corrected chi connectivity index (χ0v) is 28.6. The van der Waals surface area contributed by atoms with Crippen molar-refractivity contribution in [2.45, 2.75) is 19.3 Å². The van der Waals surface area contributed by atoms with Crippen LogP contribution in [-0.2, 0) is 5.41 Å². The van der Waals surface area contributed by atoms with E-state index in [0.717, 1.165) is 38.2 Å². The maximum atomic E-state index is 9.14. The molecule has 3 heterocycles. The minimum absolute atomic E-state index is 0.0330. The van der Waals surface area contributed by atoms with E-state index in [9.17, 15) is 0 Å². The van der Waals surface area contributed by atoms with Crippen molar-refractivity contribution in [1.29, 1.82) is 0 Å². The molecule has 0 N–H and O–H groups in total. The highest BCUT2D eigenvalue weighted by Crippen LogP contribution is 2.49. The van der Waals surface area contributed by atoms with Crippen molar-refractivity contribution in [3.8, 4) is 45.5 Å². The van der Waals surface area contributed by atoms with Crippen LogP contribution >= 0.6 is 0 Å². The van der Waals surface area contributed by atoms with Gasteiger partial charge in [0.15, 0.2) is 11.6 Å². The number of rotatable bonds is 4. The second-order valence-corrected chi connectivity index (χ2v) is 13.8. The number of aromatic nitrogens is 5. The van der Waals surface area contributed by atoms with Gasteiger partial charge in [-0.3, -0.25) is 4.57 Å². The Labute approximate surface area is 320 Å². The van der Waals surface area contributed by atoms with Crippen molar-refractivity contribution >= 4 is 43.6 Å². The van der Waals surface area contributed by atoms with E-state index in [1.54, 1.807) is 4.57 Å². The summed E-state index contributed by atoms with van der Waals surface area (Å²) < 4.78 is 91.0. The van der Waals surface area contributed by atoms with Crippen LogP contribution in [0.5, 0.6) is 0 Å². The summed E-state index contributed by atoms with van der Waals surface area (Å²) in [5, 5.41) is 3.05. The van der Waals surface area contributed by atoms with Gasteiger partial charge in [-0.25, -0.2) is 4.98 Å². The normalized spacial score (nSPS) is 15.9. The van der Waals surface area contributed by atoms with Crippen molar-refractivity contribution < 1.29 is 13.7 Å². The Morgan fingerprint density at radius 3 is 1.77 bits per heavy atom. The maximum Gasteiger partial charge on any atom is 0.238 e. The Hall–Kier alpha value is -6.85. The molecule has 0 atom stereocenters. The molecule has 0 spiro atoms. The molecule has 1 aliphatic carbocycles. The van der Waals surface area contributed by atoms with E-state index < -0.39 is 48.3 Å². The fourth-order valence-electron chi connectivity index (χ4n) is 8.21. The monoisotopic (exact) mass is 689 g/mol. The minimum Gasteiger partial charge on any atom is -0.307 e. The number of nitrogens with zero attached hydrogens (tertiary/aromatic N) is 5. The Balaban J connectivity index is 1.30. The van der Waals surface area contributed by atoms with Crippen LogP contribution < -0.4 is 0 Å². The molecule has 7 aromatic carbocycles. The fourth-order valence-corrected chi connectivity index (χ4v) is 8.21. The molecule has 3 aromatic heterocycles. The van der Waals surface area contributed by atoms with Gasteiger partial charge in [0.05, 0.1) is 35.8 Å². The molecule has 53 heavy (non-hydrogen) atoms. The summed E-state index contributed by atoms with van der Waals surface area (Å²) >= 11 is 0. The van der Waals surface area contributed by atoms with Gasteiger partial charge in [0.1, 0.15) is 0 Å².